The van der Waals surface area contributed by atoms with Crippen LogP contribution in [0.25, 0.3) is 0 Å². The highest BCUT2D eigenvalue weighted by Crippen LogP contribution is 2.38. The number of anilines is 1. The molecule has 0 aromatic heterocycles. The van der Waals surface area contributed by atoms with Crippen LogP contribution in [0, 0.1) is 0 Å². The molecule has 21 heavy (non-hydrogen) atoms. The zero-order chi connectivity index (χ0) is 14.7. The number of methoxy groups -OCH3 is 1. The van der Waals surface area contributed by atoms with Crippen LogP contribution in [-0.4, -0.2) is 13.7 Å². The van der Waals surface area contributed by atoms with Crippen molar-refractivity contribution < 1.29 is 9.47 Å². The largest absolute Gasteiger partial charge is 0.493 e. The first kappa shape index (κ1) is 13.8. The van der Waals surface area contributed by atoms with Gasteiger partial charge >= 0.3 is 0 Å². The van der Waals surface area contributed by atoms with E-state index in [-0.39, 0.29) is 0 Å². The first-order valence-electron chi connectivity index (χ1n) is 7.50. The van der Waals surface area contributed by atoms with E-state index in [1.165, 1.54) is 17.7 Å². The number of fused-ring (bicyclic) bond motifs is 1. The summed E-state index contributed by atoms with van der Waals surface area (Å²) in [6, 6.07) is 14.0. The standard InChI is InChI=1S/C18H21NO2/c1-3-13-10-11-19-16-9-8-14(12-15(13)16)21-18-7-5-4-6-17(18)20-2/h4-9,12-13,19H,3,10-11H2,1-2H3. The highest BCUT2D eigenvalue weighted by Gasteiger charge is 2.19. The number of hydrogen-bond donors (Lipinski definition) is 1. The molecule has 0 spiro atoms. The van der Waals surface area contributed by atoms with E-state index in [0.717, 1.165) is 30.2 Å². The van der Waals surface area contributed by atoms with Gasteiger partial charge in [-0.15, -0.1) is 0 Å². The zero-order valence-corrected chi connectivity index (χ0v) is 12.6. The molecule has 3 heteroatoms. The summed E-state index contributed by atoms with van der Waals surface area (Å²) in [4.78, 5) is 0. The van der Waals surface area contributed by atoms with Crippen molar-refractivity contribution in [3.63, 3.8) is 0 Å². The Morgan fingerprint density at radius 3 is 2.71 bits per heavy atom. The first-order chi connectivity index (χ1) is 10.3. The van der Waals surface area contributed by atoms with Crippen LogP contribution < -0.4 is 14.8 Å². The van der Waals surface area contributed by atoms with Crippen molar-refractivity contribution in [1.82, 2.24) is 0 Å². The Bertz CT molecular complexity index is 624. The summed E-state index contributed by atoms with van der Waals surface area (Å²) in [5.74, 6) is 2.97. The fourth-order valence-corrected chi connectivity index (χ4v) is 2.89. The monoisotopic (exact) mass is 283 g/mol. The SMILES string of the molecule is CCC1CCNc2ccc(Oc3ccccc3OC)cc21. The lowest BCUT2D eigenvalue weighted by Gasteiger charge is -2.26. The normalized spacial score (nSPS) is 16.8. The molecule has 0 saturated carbocycles. The van der Waals surface area contributed by atoms with E-state index in [9.17, 15) is 0 Å². The molecule has 3 nitrogen and oxygen atoms in total. The van der Waals surface area contributed by atoms with Crippen LogP contribution in [0.15, 0.2) is 42.5 Å². The summed E-state index contributed by atoms with van der Waals surface area (Å²) in [7, 11) is 1.66. The second-order valence-corrected chi connectivity index (χ2v) is 5.32. The van der Waals surface area contributed by atoms with Gasteiger partial charge in [0.25, 0.3) is 0 Å². The second kappa shape index (κ2) is 6.08. The molecule has 1 unspecified atom stereocenters. The van der Waals surface area contributed by atoms with E-state index in [2.05, 4.69) is 24.4 Å². The summed E-state index contributed by atoms with van der Waals surface area (Å²) < 4.78 is 11.3. The third-order valence-electron chi connectivity index (χ3n) is 4.06. The van der Waals surface area contributed by atoms with Gasteiger partial charge in [-0.25, -0.2) is 0 Å². The van der Waals surface area contributed by atoms with E-state index in [1.807, 2.05) is 30.3 Å². The molecule has 0 radical (unpaired) electrons. The van der Waals surface area contributed by atoms with E-state index in [0.29, 0.717) is 5.92 Å². The molecule has 2 aromatic carbocycles. The second-order valence-electron chi connectivity index (χ2n) is 5.32. The molecule has 1 aliphatic rings. The maximum Gasteiger partial charge on any atom is 0.169 e. The zero-order valence-electron chi connectivity index (χ0n) is 12.6. The Hall–Kier alpha value is -2.16. The molecule has 1 atom stereocenters. The van der Waals surface area contributed by atoms with E-state index < -0.39 is 0 Å². The molecule has 110 valence electrons. The summed E-state index contributed by atoms with van der Waals surface area (Å²) in [6.45, 7) is 3.30. The number of nitrogens with one attached hydrogen (secondary N) is 1. The molecule has 0 fully saturated rings. The van der Waals surface area contributed by atoms with Crippen molar-refractivity contribution in [2.45, 2.75) is 25.7 Å². The third kappa shape index (κ3) is 2.82. The molecule has 0 bridgehead atoms. The van der Waals surface area contributed by atoms with Gasteiger partial charge in [-0.2, -0.15) is 0 Å². The quantitative estimate of drug-likeness (QED) is 0.874. The molecule has 1 N–H and O–H groups in total. The Morgan fingerprint density at radius 2 is 1.95 bits per heavy atom. The number of para-hydroxylation sites is 2. The van der Waals surface area contributed by atoms with Crippen LogP contribution in [0.1, 0.15) is 31.2 Å². The molecule has 3 rings (SSSR count). The van der Waals surface area contributed by atoms with E-state index in [1.54, 1.807) is 7.11 Å². The van der Waals surface area contributed by atoms with Crippen molar-refractivity contribution in [3.8, 4) is 17.2 Å². The molecular formula is C18H21NO2. The van der Waals surface area contributed by atoms with Gasteiger partial charge < -0.3 is 14.8 Å². The lowest BCUT2D eigenvalue weighted by molar-refractivity contribution is 0.378. The van der Waals surface area contributed by atoms with Crippen LogP contribution in [0.5, 0.6) is 17.2 Å². The van der Waals surface area contributed by atoms with Crippen LogP contribution in [0.4, 0.5) is 5.69 Å². The Labute approximate surface area is 125 Å². The topological polar surface area (TPSA) is 30.5 Å². The fourth-order valence-electron chi connectivity index (χ4n) is 2.89. The van der Waals surface area contributed by atoms with Crippen molar-refractivity contribution >= 4 is 5.69 Å². The van der Waals surface area contributed by atoms with Crippen molar-refractivity contribution in [2.75, 3.05) is 19.0 Å². The molecule has 0 aliphatic carbocycles. The average molecular weight is 283 g/mol. The van der Waals surface area contributed by atoms with Crippen LogP contribution in [-0.2, 0) is 0 Å². The van der Waals surface area contributed by atoms with Gasteiger partial charge in [0.05, 0.1) is 7.11 Å². The Balaban J connectivity index is 1.90. The molecule has 0 saturated heterocycles. The van der Waals surface area contributed by atoms with Crippen molar-refractivity contribution in [3.05, 3.63) is 48.0 Å². The first-order valence-corrected chi connectivity index (χ1v) is 7.50. The molecular weight excluding hydrogens is 262 g/mol. The molecule has 0 amide bonds. The van der Waals surface area contributed by atoms with Gasteiger partial charge in [0.2, 0.25) is 0 Å². The number of hydrogen-bond acceptors (Lipinski definition) is 3. The minimum atomic E-state index is 0.613. The smallest absolute Gasteiger partial charge is 0.169 e. The van der Waals surface area contributed by atoms with Gasteiger partial charge in [-0.1, -0.05) is 19.1 Å². The predicted octanol–water partition coefficient (Wildman–Crippen LogP) is 4.80. The van der Waals surface area contributed by atoms with Gasteiger partial charge in [-0.05, 0) is 54.7 Å². The van der Waals surface area contributed by atoms with Crippen molar-refractivity contribution in [2.24, 2.45) is 0 Å². The van der Waals surface area contributed by atoms with Gasteiger partial charge in [-0.3, -0.25) is 0 Å². The minimum Gasteiger partial charge on any atom is -0.493 e. The van der Waals surface area contributed by atoms with Gasteiger partial charge in [0.15, 0.2) is 11.5 Å². The minimum absolute atomic E-state index is 0.613. The van der Waals surface area contributed by atoms with Crippen LogP contribution in [0.3, 0.4) is 0 Å². The summed E-state index contributed by atoms with van der Waals surface area (Å²) in [5, 5.41) is 3.46. The number of ether oxygens (including phenoxy) is 2. The lowest BCUT2D eigenvalue weighted by atomic mass is 9.89. The molecule has 1 heterocycles. The summed E-state index contributed by atoms with van der Waals surface area (Å²) >= 11 is 0. The fraction of sp³-hybridized carbons (Fsp3) is 0.333. The van der Waals surface area contributed by atoms with E-state index in [4.69, 9.17) is 9.47 Å². The van der Waals surface area contributed by atoms with Gasteiger partial charge in [0.1, 0.15) is 5.75 Å². The molecule has 2 aromatic rings. The summed E-state index contributed by atoms with van der Waals surface area (Å²) in [5.41, 5.74) is 2.59. The number of benzene rings is 2. The molecule has 1 aliphatic heterocycles. The Kier molecular flexibility index (Phi) is 4.00. The van der Waals surface area contributed by atoms with E-state index >= 15 is 0 Å². The highest BCUT2D eigenvalue weighted by molar-refractivity contribution is 5.58. The van der Waals surface area contributed by atoms with Crippen molar-refractivity contribution in [1.29, 1.82) is 0 Å². The third-order valence-corrected chi connectivity index (χ3v) is 4.06. The van der Waals surface area contributed by atoms with Gasteiger partial charge in [0, 0.05) is 12.2 Å². The summed E-state index contributed by atoms with van der Waals surface area (Å²) in [6.07, 6.45) is 2.34. The highest BCUT2D eigenvalue weighted by atomic mass is 16.5. The maximum absolute atomic E-state index is 6.01. The maximum atomic E-state index is 6.01. The Morgan fingerprint density at radius 1 is 1.14 bits per heavy atom. The lowest BCUT2D eigenvalue weighted by Crippen LogP contribution is -2.16. The van der Waals surface area contributed by atoms with Crippen LogP contribution >= 0.6 is 0 Å². The number of rotatable bonds is 4. The average Bonchev–Trinajstić information content (AvgIpc) is 2.54. The van der Waals surface area contributed by atoms with Crippen LogP contribution in [0.2, 0.25) is 0 Å². The predicted molar refractivity (Wildman–Crippen MR) is 85.6 cm³/mol.